The number of aromatic nitrogens is 2. The average molecular weight is 563 g/mol. The van der Waals surface area contributed by atoms with Gasteiger partial charge in [0.05, 0.1) is 41.5 Å². The van der Waals surface area contributed by atoms with Crippen LogP contribution in [0.4, 0.5) is 8.78 Å². The zero-order chi connectivity index (χ0) is 29.8. The third-order valence-corrected chi connectivity index (χ3v) is 7.03. The highest BCUT2D eigenvalue weighted by molar-refractivity contribution is 5.98. The van der Waals surface area contributed by atoms with Crippen LogP contribution in [-0.2, 0) is 6.42 Å². The van der Waals surface area contributed by atoms with Crippen molar-refractivity contribution in [1.29, 1.82) is 0 Å². The Morgan fingerprint density at radius 1 is 1.20 bits per heavy atom. The lowest BCUT2D eigenvalue weighted by molar-refractivity contribution is 0.0941. The SMILES string of the molecule is C=C/C(=C\C=C\F)c1nc2ccc(C(=O)NC(CCC)C3=C(C)C=CC(F)C=C3)cc2nc1CCCC(C)NCO. The molecule has 6 nitrogen and oxygen atoms in total. The third kappa shape index (κ3) is 8.87. The number of hydrogen-bond donors (Lipinski definition) is 3. The summed E-state index contributed by atoms with van der Waals surface area (Å²) in [6, 6.07) is 5.05. The minimum Gasteiger partial charge on any atom is -0.381 e. The van der Waals surface area contributed by atoms with E-state index in [4.69, 9.17) is 15.1 Å². The molecule has 0 radical (unpaired) electrons. The van der Waals surface area contributed by atoms with E-state index < -0.39 is 6.17 Å². The molecule has 1 aliphatic rings. The third-order valence-electron chi connectivity index (χ3n) is 7.03. The fourth-order valence-corrected chi connectivity index (χ4v) is 4.81. The van der Waals surface area contributed by atoms with E-state index in [2.05, 4.69) is 17.2 Å². The van der Waals surface area contributed by atoms with Crippen LogP contribution in [0.15, 0.2) is 84.8 Å². The van der Waals surface area contributed by atoms with Crippen LogP contribution in [0.3, 0.4) is 0 Å². The number of fused-ring (bicyclic) bond motifs is 1. The molecule has 0 spiro atoms. The first-order chi connectivity index (χ1) is 19.8. The predicted molar refractivity (Wildman–Crippen MR) is 163 cm³/mol. The van der Waals surface area contributed by atoms with E-state index in [-0.39, 0.29) is 24.7 Å². The minimum atomic E-state index is -1.16. The number of allylic oxidation sites excluding steroid dienone is 8. The van der Waals surface area contributed by atoms with Crippen LogP contribution in [0.2, 0.25) is 0 Å². The van der Waals surface area contributed by atoms with Crippen LogP contribution in [-0.4, -0.2) is 46.0 Å². The van der Waals surface area contributed by atoms with Crippen molar-refractivity contribution in [1.82, 2.24) is 20.6 Å². The van der Waals surface area contributed by atoms with E-state index in [1.54, 1.807) is 42.5 Å². The summed E-state index contributed by atoms with van der Waals surface area (Å²) in [5.74, 6) is -0.250. The van der Waals surface area contributed by atoms with Crippen LogP contribution in [0, 0.1) is 0 Å². The van der Waals surface area contributed by atoms with Gasteiger partial charge in [0.2, 0.25) is 0 Å². The van der Waals surface area contributed by atoms with E-state index in [9.17, 15) is 13.6 Å². The fourth-order valence-electron chi connectivity index (χ4n) is 4.81. The fraction of sp³-hybridized carbons (Fsp3) is 0.364. The zero-order valence-electron chi connectivity index (χ0n) is 24.0. The monoisotopic (exact) mass is 562 g/mol. The number of carbonyl (C=O) groups excluding carboxylic acids is 1. The van der Waals surface area contributed by atoms with Crippen LogP contribution in [0.25, 0.3) is 16.6 Å². The predicted octanol–water partition coefficient (Wildman–Crippen LogP) is 6.61. The summed E-state index contributed by atoms with van der Waals surface area (Å²) in [7, 11) is 0. The second-order valence-electron chi connectivity index (χ2n) is 10.1. The van der Waals surface area contributed by atoms with E-state index in [0.717, 1.165) is 30.4 Å². The Bertz CT molecular complexity index is 1380. The molecule has 0 aliphatic heterocycles. The summed E-state index contributed by atoms with van der Waals surface area (Å²) in [6.07, 6.45) is 14.0. The molecule has 0 saturated heterocycles. The van der Waals surface area contributed by atoms with Crippen LogP contribution >= 0.6 is 0 Å². The van der Waals surface area contributed by atoms with Gasteiger partial charge in [-0.2, -0.15) is 0 Å². The zero-order valence-corrected chi connectivity index (χ0v) is 24.0. The maximum absolute atomic E-state index is 13.9. The van der Waals surface area contributed by atoms with Gasteiger partial charge in [-0.15, -0.1) is 0 Å². The number of halogens is 2. The molecule has 2 aromatic rings. The van der Waals surface area contributed by atoms with Crippen molar-refractivity contribution in [2.75, 3.05) is 6.73 Å². The second kappa shape index (κ2) is 15.9. The van der Waals surface area contributed by atoms with Gasteiger partial charge in [-0.3, -0.25) is 10.1 Å². The maximum atomic E-state index is 13.9. The number of aliphatic hydroxyl groups is 1. The number of hydrogen-bond acceptors (Lipinski definition) is 5. The van der Waals surface area contributed by atoms with E-state index in [1.807, 2.05) is 20.8 Å². The smallest absolute Gasteiger partial charge is 0.251 e. The van der Waals surface area contributed by atoms with Crippen molar-refractivity contribution in [2.24, 2.45) is 0 Å². The second-order valence-corrected chi connectivity index (χ2v) is 10.1. The van der Waals surface area contributed by atoms with Gasteiger partial charge in [-0.25, -0.2) is 18.7 Å². The molecule has 1 aromatic heterocycles. The van der Waals surface area contributed by atoms with Crippen molar-refractivity contribution in [3.05, 3.63) is 102 Å². The lowest BCUT2D eigenvalue weighted by atomic mass is 9.97. The number of amides is 1. The van der Waals surface area contributed by atoms with Crippen LogP contribution in [0.5, 0.6) is 0 Å². The van der Waals surface area contributed by atoms with Gasteiger partial charge in [0.25, 0.3) is 5.91 Å². The lowest BCUT2D eigenvalue weighted by Gasteiger charge is -2.21. The van der Waals surface area contributed by atoms with Gasteiger partial charge in [-0.1, -0.05) is 44.2 Å². The molecule has 3 N–H and O–H groups in total. The molecule has 41 heavy (non-hydrogen) atoms. The highest BCUT2D eigenvalue weighted by Crippen LogP contribution is 2.25. The first-order valence-electron chi connectivity index (χ1n) is 14.1. The number of aryl methyl sites for hydroxylation is 1. The molecule has 1 heterocycles. The number of alkyl halides is 1. The highest BCUT2D eigenvalue weighted by Gasteiger charge is 2.20. The summed E-state index contributed by atoms with van der Waals surface area (Å²) in [5.41, 5.74) is 5.38. The van der Waals surface area contributed by atoms with Crippen LogP contribution in [0.1, 0.15) is 68.2 Å². The Morgan fingerprint density at radius 3 is 2.68 bits per heavy atom. The van der Waals surface area contributed by atoms with Gasteiger partial charge < -0.3 is 10.4 Å². The molecule has 218 valence electrons. The molecule has 1 amide bonds. The molecule has 0 fully saturated rings. The standard InChI is InChI=1S/C33H40F2N4O2/c1-5-9-28(27-17-16-26(35)15-13-22(27)3)39-33(41)25-14-18-29-31(20-25)37-30(12-7-10-23(4)36-21-40)32(38-29)24(6-2)11-8-19-34/h6,8,11,13-20,23,26,28,36,40H,2,5,7,9-10,12,21H2,1,3-4H3,(H,39,41)/b19-8+,24-11+. The van der Waals surface area contributed by atoms with E-state index >= 15 is 0 Å². The molecule has 0 saturated carbocycles. The number of rotatable bonds is 14. The Labute approximate surface area is 241 Å². The van der Waals surface area contributed by atoms with Gasteiger partial charge in [-0.05, 0) is 87.1 Å². The Kier molecular flexibility index (Phi) is 12.3. The maximum Gasteiger partial charge on any atom is 0.251 e. The molecule has 3 atom stereocenters. The largest absolute Gasteiger partial charge is 0.381 e. The summed E-state index contributed by atoms with van der Waals surface area (Å²) in [6.45, 7) is 9.73. The lowest BCUT2D eigenvalue weighted by Crippen LogP contribution is -2.36. The molecule has 1 aliphatic carbocycles. The first kappa shape index (κ1) is 31.8. The Hall–Kier alpha value is -3.75. The normalized spacial score (nSPS) is 17.2. The highest BCUT2D eigenvalue weighted by atomic mass is 19.1. The molecule has 0 bridgehead atoms. The number of aliphatic hydroxyl groups excluding tert-OH is 1. The molecule has 8 heteroatoms. The summed E-state index contributed by atoms with van der Waals surface area (Å²) in [5, 5.41) is 15.2. The summed E-state index contributed by atoms with van der Waals surface area (Å²) in [4.78, 5) is 23.1. The topological polar surface area (TPSA) is 87.1 Å². The van der Waals surface area contributed by atoms with Gasteiger partial charge in [0.15, 0.2) is 0 Å². The van der Waals surface area contributed by atoms with Crippen molar-refractivity contribution in [3.63, 3.8) is 0 Å². The minimum absolute atomic E-state index is 0.0920. The Balaban J connectivity index is 1.95. The van der Waals surface area contributed by atoms with Gasteiger partial charge in [0.1, 0.15) is 6.17 Å². The number of benzene rings is 1. The van der Waals surface area contributed by atoms with E-state index in [0.29, 0.717) is 52.7 Å². The van der Waals surface area contributed by atoms with E-state index in [1.165, 1.54) is 18.2 Å². The summed E-state index contributed by atoms with van der Waals surface area (Å²) < 4.78 is 26.7. The number of nitrogens with one attached hydrogen (secondary N) is 2. The molecular formula is C33H40F2N4O2. The quantitative estimate of drug-likeness (QED) is 0.178. The Morgan fingerprint density at radius 2 is 1.98 bits per heavy atom. The molecule has 1 aromatic carbocycles. The molecular weight excluding hydrogens is 522 g/mol. The average Bonchev–Trinajstić information content (AvgIpc) is 3.13. The van der Waals surface area contributed by atoms with Crippen LogP contribution < -0.4 is 10.6 Å². The van der Waals surface area contributed by atoms with Crippen molar-refractivity contribution < 1.29 is 18.7 Å². The van der Waals surface area contributed by atoms with Crippen molar-refractivity contribution >= 4 is 22.5 Å². The van der Waals surface area contributed by atoms with Crippen molar-refractivity contribution in [2.45, 2.75) is 71.1 Å². The number of carbonyl (C=O) groups is 1. The number of nitrogens with zero attached hydrogens (tertiary/aromatic N) is 2. The van der Waals surface area contributed by atoms with Gasteiger partial charge in [0, 0.05) is 17.2 Å². The first-order valence-corrected chi connectivity index (χ1v) is 14.1. The summed E-state index contributed by atoms with van der Waals surface area (Å²) >= 11 is 0. The van der Waals surface area contributed by atoms with Crippen molar-refractivity contribution in [3.8, 4) is 0 Å². The molecule has 3 unspecified atom stereocenters. The molecule has 3 rings (SSSR count). The van der Waals surface area contributed by atoms with Gasteiger partial charge >= 0.3 is 0 Å².